The minimum atomic E-state index is -0.126. The Morgan fingerprint density at radius 1 is 1.33 bits per heavy atom. The Hall–Kier alpha value is 0.320. The Morgan fingerprint density at radius 3 is 2.83 bits per heavy atom. The molecule has 0 nitrogen and oxygen atoms in total. The van der Waals surface area contributed by atoms with Crippen molar-refractivity contribution in [1.29, 1.82) is 0 Å². The molecule has 0 aliphatic heterocycles. The highest BCUT2D eigenvalue weighted by atomic mass is 127. The van der Waals surface area contributed by atoms with Crippen LogP contribution >= 0.6 is 49.9 Å². The van der Waals surface area contributed by atoms with Gasteiger partial charge in [-0.25, -0.2) is 0 Å². The molecule has 0 saturated carbocycles. The molecule has 0 spiro atoms. The molecular weight excluding hydrogens is 354 g/mol. The van der Waals surface area contributed by atoms with Crippen LogP contribution in [0.15, 0.2) is 22.7 Å². The average Bonchev–Trinajstić information content (AvgIpc) is 2.30. The highest BCUT2D eigenvalue weighted by Gasteiger charge is 2.03. The van der Waals surface area contributed by atoms with E-state index in [1.54, 1.807) is 6.07 Å². The molecule has 0 bridgehead atoms. The maximum Gasteiger partial charge on any atom is 0.177 e. The van der Waals surface area contributed by atoms with E-state index in [-0.39, 0.29) is 5.13 Å². The van der Waals surface area contributed by atoms with E-state index in [1.165, 1.54) is 11.3 Å². The standard InChI is InChI=1S/C8H3BrFIS/c9-5-1-4-2-8(10)12-7(4)3-6(5)11/h1-3H. The van der Waals surface area contributed by atoms with Crippen LogP contribution in [0.5, 0.6) is 0 Å². The van der Waals surface area contributed by atoms with Crippen LogP contribution < -0.4 is 0 Å². The fourth-order valence-corrected chi connectivity index (χ4v) is 2.85. The van der Waals surface area contributed by atoms with Crippen molar-refractivity contribution in [1.82, 2.24) is 0 Å². The molecule has 0 aliphatic carbocycles. The third-order valence-electron chi connectivity index (χ3n) is 1.53. The van der Waals surface area contributed by atoms with Crippen molar-refractivity contribution >= 4 is 59.9 Å². The van der Waals surface area contributed by atoms with Crippen LogP contribution in [-0.2, 0) is 0 Å². The molecule has 0 atom stereocenters. The van der Waals surface area contributed by atoms with Gasteiger partial charge < -0.3 is 0 Å². The molecule has 2 aromatic rings. The largest absolute Gasteiger partial charge is 0.195 e. The normalized spacial score (nSPS) is 10.9. The lowest BCUT2D eigenvalue weighted by molar-refractivity contribution is 0.658. The van der Waals surface area contributed by atoms with E-state index in [2.05, 4.69) is 38.5 Å². The minimum Gasteiger partial charge on any atom is -0.195 e. The van der Waals surface area contributed by atoms with E-state index < -0.39 is 0 Å². The van der Waals surface area contributed by atoms with E-state index in [1.807, 2.05) is 12.1 Å². The molecule has 4 heteroatoms. The zero-order valence-electron chi connectivity index (χ0n) is 5.77. The predicted molar refractivity (Wildman–Crippen MR) is 62.2 cm³/mol. The SMILES string of the molecule is Fc1cc2cc(Br)c(I)cc2s1. The Morgan fingerprint density at radius 2 is 2.08 bits per heavy atom. The van der Waals surface area contributed by atoms with Gasteiger partial charge in [0, 0.05) is 12.7 Å². The summed E-state index contributed by atoms with van der Waals surface area (Å²) in [5, 5.41) is 0.837. The first-order chi connectivity index (χ1) is 5.66. The summed E-state index contributed by atoms with van der Waals surface area (Å²) in [6.07, 6.45) is 0. The van der Waals surface area contributed by atoms with Crippen molar-refractivity contribution in [2.24, 2.45) is 0 Å². The number of hydrogen-bond acceptors (Lipinski definition) is 1. The zero-order valence-corrected chi connectivity index (χ0v) is 10.3. The molecule has 0 N–H and O–H groups in total. The van der Waals surface area contributed by atoms with Crippen molar-refractivity contribution in [3.63, 3.8) is 0 Å². The van der Waals surface area contributed by atoms with Crippen LogP contribution in [0, 0.1) is 8.70 Å². The smallest absolute Gasteiger partial charge is 0.177 e. The highest BCUT2D eigenvalue weighted by Crippen LogP contribution is 2.30. The number of hydrogen-bond donors (Lipinski definition) is 0. The Kier molecular flexibility index (Phi) is 2.39. The van der Waals surface area contributed by atoms with Crippen molar-refractivity contribution < 1.29 is 4.39 Å². The lowest BCUT2D eigenvalue weighted by atomic mass is 10.3. The van der Waals surface area contributed by atoms with E-state index in [0.717, 1.165) is 18.1 Å². The first-order valence-electron chi connectivity index (χ1n) is 3.21. The highest BCUT2D eigenvalue weighted by molar-refractivity contribution is 14.1. The summed E-state index contributed by atoms with van der Waals surface area (Å²) in [5.74, 6) is 0. The van der Waals surface area contributed by atoms with Crippen molar-refractivity contribution in [3.8, 4) is 0 Å². The van der Waals surface area contributed by atoms with Crippen LogP contribution in [0.2, 0.25) is 0 Å². The number of benzene rings is 1. The molecule has 62 valence electrons. The van der Waals surface area contributed by atoms with E-state index in [9.17, 15) is 4.39 Å². The van der Waals surface area contributed by atoms with Crippen molar-refractivity contribution in [3.05, 3.63) is 31.4 Å². The number of thiophene rings is 1. The summed E-state index contributed by atoms with van der Waals surface area (Å²) >= 11 is 6.80. The van der Waals surface area contributed by atoms with E-state index in [0.29, 0.717) is 0 Å². The first kappa shape index (κ1) is 8.90. The van der Waals surface area contributed by atoms with Gasteiger partial charge in [0.2, 0.25) is 0 Å². The zero-order chi connectivity index (χ0) is 8.72. The molecular formula is C8H3BrFIS. The first-order valence-corrected chi connectivity index (χ1v) is 5.90. The summed E-state index contributed by atoms with van der Waals surface area (Å²) in [7, 11) is 0. The van der Waals surface area contributed by atoms with E-state index in [4.69, 9.17) is 0 Å². The van der Waals surface area contributed by atoms with Gasteiger partial charge in [0.15, 0.2) is 5.13 Å². The van der Waals surface area contributed by atoms with Crippen molar-refractivity contribution in [2.75, 3.05) is 0 Å². The van der Waals surface area contributed by atoms with Crippen LogP contribution in [0.1, 0.15) is 0 Å². The number of fused-ring (bicyclic) bond motifs is 1. The van der Waals surface area contributed by atoms with Gasteiger partial charge in [0.1, 0.15) is 0 Å². The van der Waals surface area contributed by atoms with Gasteiger partial charge in [-0.05, 0) is 62.1 Å². The molecule has 0 saturated heterocycles. The maximum atomic E-state index is 12.8. The Balaban J connectivity index is 2.83. The molecule has 0 aliphatic rings. The quantitative estimate of drug-likeness (QED) is 0.613. The summed E-state index contributed by atoms with van der Waals surface area (Å²) in [5.41, 5.74) is 0. The summed E-state index contributed by atoms with van der Waals surface area (Å²) in [4.78, 5) is 0. The predicted octanol–water partition coefficient (Wildman–Crippen LogP) is 4.41. The second-order valence-corrected chi connectivity index (χ2v) is 5.41. The summed E-state index contributed by atoms with van der Waals surface area (Å²) in [6, 6.07) is 5.48. The molecule has 0 amide bonds. The van der Waals surface area contributed by atoms with Gasteiger partial charge >= 0.3 is 0 Å². The molecule has 0 fully saturated rings. The van der Waals surface area contributed by atoms with E-state index >= 15 is 0 Å². The lowest BCUT2D eigenvalue weighted by Crippen LogP contribution is -1.71. The van der Waals surface area contributed by atoms with Gasteiger partial charge in [-0.15, -0.1) is 11.3 Å². The molecule has 0 unspecified atom stereocenters. The second-order valence-electron chi connectivity index (χ2n) is 2.35. The average molecular weight is 357 g/mol. The third kappa shape index (κ3) is 1.52. The van der Waals surface area contributed by atoms with Gasteiger partial charge in [-0.3, -0.25) is 0 Å². The molecule has 0 radical (unpaired) electrons. The fourth-order valence-electron chi connectivity index (χ4n) is 1.00. The lowest BCUT2D eigenvalue weighted by Gasteiger charge is -1.94. The topological polar surface area (TPSA) is 0 Å². The number of rotatable bonds is 0. The molecule has 1 heterocycles. The third-order valence-corrected chi connectivity index (χ3v) is 4.71. The van der Waals surface area contributed by atoms with Crippen LogP contribution in [0.3, 0.4) is 0 Å². The summed E-state index contributed by atoms with van der Waals surface area (Å²) in [6.45, 7) is 0. The fraction of sp³-hybridized carbons (Fsp3) is 0. The number of halogens is 3. The monoisotopic (exact) mass is 356 g/mol. The van der Waals surface area contributed by atoms with Gasteiger partial charge in [-0.1, -0.05) is 0 Å². The van der Waals surface area contributed by atoms with Crippen LogP contribution in [0.25, 0.3) is 10.1 Å². The molecule has 12 heavy (non-hydrogen) atoms. The Labute approximate surface area is 95.0 Å². The molecule has 1 aromatic heterocycles. The van der Waals surface area contributed by atoms with Crippen LogP contribution in [0.4, 0.5) is 4.39 Å². The van der Waals surface area contributed by atoms with Crippen molar-refractivity contribution in [2.45, 2.75) is 0 Å². The van der Waals surface area contributed by atoms with Gasteiger partial charge in [0.25, 0.3) is 0 Å². The summed E-state index contributed by atoms with van der Waals surface area (Å²) < 4.78 is 15.9. The van der Waals surface area contributed by atoms with Gasteiger partial charge in [-0.2, -0.15) is 4.39 Å². The maximum absolute atomic E-state index is 12.8. The Bertz CT molecular complexity index is 399. The second kappa shape index (κ2) is 3.23. The minimum absolute atomic E-state index is 0.126. The molecule has 2 rings (SSSR count). The van der Waals surface area contributed by atoms with Crippen LogP contribution in [-0.4, -0.2) is 0 Å². The van der Waals surface area contributed by atoms with Gasteiger partial charge in [0.05, 0.1) is 0 Å². The molecule has 1 aromatic carbocycles.